The summed E-state index contributed by atoms with van der Waals surface area (Å²) in [5.41, 5.74) is 8.14. The second kappa shape index (κ2) is 8.37. The molecule has 30 heavy (non-hydrogen) atoms. The van der Waals surface area contributed by atoms with E-state index in [0.29, 0.717) is 0 Å². The lowest BCUT2D eigenvalue weighted by Crippen LogP contribution is -2.29. The number of aromatic amines is 1. The number of likely N-dealkylation sites (N-methyl/N-ethyl adjacent to an activating group) is 1. The third-order valence-electron chi connectivity index (χ3n) is 6.27. The van der Waals surface area contributed by atoms with Crippen LogP contribution in [-0.4, -0.2) is 24.6 Å². The van der Waals surface area contributed by atoms with Crippen molar-refractivity contribution < 1.29 is 0 Å². The van der Waals surface area contributed by atoms with Crippen molar-refractivity contribution in [2.24, 2.45) is 0 Å². The standard InChI is InChI=1S/C27H29N3/c1-2-28-18-16-23-22-13-7-8-14-24(22)29-26(23)27(21-11-4-3-5-12-21)30-19-17-20-10-6-9-15-25(20)30/h3-15,27-29H,2,16-19H2,1H3. The van der Waals surface area contributed by atoms with Gasteiger partial charge in [0.1, 0.15) is 0 Å². The highest BCUT2D eigenvalue weighted by Gasteiger charge is 2.31. The Morgan fingerprint density at radius 1 is 0.933 bits per heavy atom. The summed E-state index contributed by atoms with van der Waals surface area (Å²) in [6, 6.07) is 28.8. The molecule has 1 aromatic heterocycles. The Labute approximate surface area is 178 Å². The molecule has 1 atom stereocenters. The molecule has 2 N–H and O–H groups in total. The molecule has 2 heterocycles. The number of nitrogens with one attached hydrogen (secondary N) is 2. The molecule has 5 rings (SSSR count). The minimum absolute atomic E-state index is 0.180. The first kappa shape index (κ1) is 19.0. The van der Waals surface area contributed by atoms with Gasteiger partial charge in [0, 0.05) is 28.8 Å². The Morgan fingerprint density at radius 2 is 1.70 bits per heavy atom. The third kappa shape index (κ3) is 3.40. The summed E-state index contributed by atoms with van der Waals surface area (Å²) in [6.45, 7) is 5.20. The summed E-state index contributed by atoms with van der Waals surface area (Å²) in [7, 11) is 0. The van der Waals surface area contributed by atoms with Gasteiger partial charge in [0.2, 0.25) is 0 Å². The first-order chi connectivity index (χ1) is 14.9. The first-order valence-electron chi connectivity index (χ1n) is 11.1. The van der Waals surface area contributed by atoms with Crippen LogP contribution >= 0.6 is 0 Å². The first-order valence-corrected chi connectivity index (χ1v) is 11.1. The summed E-state index contributed by atoms with van der Waals surface area (Å²) in [6.07, 6.45) is 2.12. The summed E-state index contributed by atoms with van der Waals surface area (Å²) < 4.78 is 0. The van der Waals surface area contributed by atoms with Gasteiger partial charge < -0.3 is 15.2 Å². The fourth-order valence-electron chi connectivity index (χ4n) is 4.88. The molecular formula is C27H29N3. The number of benzene rings is 3. The highest BCUT2D eigenvalue weighted by molar-refractivity contribution is 5.85. The van der Waals surface area contributed by atoms with Crippen LogP contribution in [0, 0.1) is 0 Å². The van der Waals surface area contributed by atoms with Crippen LogP contribution in [0.4, 0.5) is 5.69 Å². The van der Waals surface area contributed by atoms with Crippen molar-refractivity contribution in [1.29, 1.82) is 0 Å². The Bertz CT molecular complexity index is 1130. The van der Waals surface area contributed by atoms with Crippen LogP contribution in [0.3, 0.4) is 0 Å². The molecule has 0 saturated carbocycles. The van der Waals surface area contributed by atoms with E-state index in [1.165, 1.54) is 39.0 Å². The molecule has 0 fully saturated rings. The van der Waals surface area contributed by atoms with Crippen molar-refractivity contribution in [2.75, 3.05) is 24.5 Å². The lowest BCUT2D eigenvalue weighted by Gasteiger charge is -2.31. The van der Waals surface area contributed by atoms with Crippen LogP contribution in [0.15, 0.2) is 78.9 Å². The minimum atomic E-state index is 0.180. The number of para-hydroxylation sites is 2. The van der Waals surface area contributed by atoms with Gasteiger partial charge >= 0.3 is 0 Å². The zero-order valence-electron chi connectivity index (χ0n) is 17.6. The van der Waals surface area contributed by atoms with Gasteiger partial charge in [0.05, 0.1) is 6.04 Å². The molecule has 0 amide bonds. The smallest absolute Gasteiger partial charge is 0.0947 e. The Morgan fingerprint density at radius 3 is 2.57 bits per heavy atom. The van der Waals surface area contributed by atoms with Gasteiger partial charge in [-0.25, -0.2) is 0 Å². The number of hydrogen-bond acceptors (Lipinski definition) is 2. The fraction of sp³-hybridized carbons (Fsp3) is 0.259. The maximum atomic E-state index is 3.83. The van der Waals surface area contributed by atoms with E-state index in [0.717, 1.165) is 32.5 Å². The normalized spacial score (nSPS) is 14.2. The predicted molar refractivity (Wildman–Crippen MR) is 126 cm³/mol. The molecule has 1 aliphatic heterocycles. The highest BCUT2D eigenvalue weighted by Crippen LogP contribution is 2.41. The van der Waals surface area contributed by atoms with Gasteiger partial charge in [0.25, 0.3) is 0 Å². The topological polar surface area (TPSA) is 31.1 Å². The lowest BCUT2D eigenvalue weighted by atomic mass is 9.96. The van der Waals surface area contributed by atoms with E-state index in [9.17, 15) is 0 Å². The number of H-pyrrole nitrogens is 1. The van der Waals surface area contributed by atoms with E-state index in [-0.39, 0.29) is 6.04 Å². The molecule has 0 radical (unpaired) electrons. The molecule has 152 valence electrons. The molecular weight excluding hydrogens is 366 g/mol. The second-order valence-electron chi connectivity index (χ2n) is 8.05. The van der Waals surface area contributed by atoms with Crippen LogP contribution < -0.4 is 10.2 Å². The van der Waals surface area contributed by atoms with Crippen molar-refractivity contribution in [3.05, 3.63) is 101 Å². The zero-order valence-corrected chi connectivity index (χ0v) is 17.6. The maximum Gasteiger partial charge on any atom is 0.0947 e. The van der Waals surface area contributed by atoms with E-state index >= 15 is 0 Å². The number of anilines is 1. The van der Waals surface area contributed by atoms with Crippen LogP contribution in [0.2, 0.25) is 0 Å². The van der Waals surface area contributed by atoms with E-state index in [1.54, 1.807) is 0 Å². The molecule has 4 aromatic rings. The number of nitrogens with zero attached hydrogens (tertiary/aromatic N) is 1. The summed E-state index contributed by atoms with van der Waals surface area (Å²) >= 11 is 0. The quantitative estimate of drug-likeness (QED) is 0.407. The van der Waals surface area contributed by atoms with Crippen molar-refractivity contribution in [1.82, 2.24) is 10.3 Å². The maximum absolute atomic E-state index is 3.83. The third-order valence-corrected chi connectivity index (χ3v) is 6.27. The fourth-order valence-corrected chi connectivity index (χ4v) is 4.88. The van der Waals surface area contributed by atoms with E-state index < -0.39 is 0 Å². The van der Waals surface area contributed by atoms with Gasteiger partial charge in [0.15, 0.2) is 0 Å². The number of fused-ring (bicyclic) bond motifs is 2. The monoisotopic (exact) mass is 395 g/mol. The van der Waals surface area contributed by atoms with Crippen LogP contribution in [0.1, 0.15) is 35.3 Å². The Kier molecular flexibility index (Phi) is 5.29. The van der Waals surface area contributed by atoms with Gasteiger partial charge in [-0.15, -0.1) is 0 Å². The zero-order chi connectivity index (χ0) is 20.3. The summed E-state index contributed by atoms with van der Waals surface area (Å²) in [5.74, 6) is 0. The summed E-state index contributed by atoms with van der Waals surface area (Å²) in [5, 5.41) is 4.86. The Balaban J connectivity index is 1.67. The van der Waals surface area contributed by atoms with E-state index in [4.69, 9.17) is 0 Å². The molecule has 1 aliphatic rings. The molecule has 3 nitrogen and oxygen atoms in total. The molecule has 0 bridgehead atoms. The molecule has 3 aromatic carbocycles. The average molecular weight is 396 g/mol. The van der Waals surface area contributed by atoms with E-state index in [1.807, 2.05) is 0 Å². The molecule has 0 spiro atoms. The predicted octanol–water partition coefficient (Wildman–Crippen LogP) is 5.47. The molecule has 0 aliphatic carbocycles. The Hall–Kier alpha value is -3.04. The minimum Gasteiger partial charge on any atom is -0.358 e. The number of hydrogen-bond donors (Lipinski definition) is 2. The summed E-state index contributed by atoms with van der Waals surface area (Å²) in [4.78, 5) is 6.42. The molecule has 3 heteroatoms. The largest absolute Gasteiger partial charge is 0.358 e. The van der Waals surface area contributed by atoms with Gasteiger partial charge in [-0.1, -0.05) is 73.7 Å². The molecule has 0 saturated heterocycles. The molecule has 1 unspecified atom stereocenters. The SMILES string of the molecule is CCNCCc1c(C(c2ccccc2)N2CCc3ccccc32)[nH]c2ccccc12. The van der Waals surface area contributed by atoms with Crippen LogP contribution in [0.5, 0.6) is 0 Å². The second-order valence-corrected chi connectivity index (χ2v) is 8.05. The number of rotatable bonds is 7. The van der Waals surface area contributed by atoms with Gasteiger partial charge in [-0.2, -0.15) is 0 Å². The lowest BCUT2D eigenvalue weighted by molar-refractivity contribution is 0.687. The average Bonchev–Trinajstić information content (AvgIpc) is 3.38. The van der Waals surface area contributed by atoms with E-state index in [2.05, 4.69) is 101 Å². The van der Waals surface area contributed by atoms with Crippen molar-refractivity contribution >= 4 is 16.6 Å². The number of aromatic nitrogens is 1. The van der Waals surface area contributed by atoms with Gasteiger partial charge in [-0.05, 0) is 54.8 Å². The highest BCUT2D eigenvalue weighted by atomic mass is 15.2. The van der Waals surface area contributed by atoms with Crippen molar-refractivity contribution in [2.45, 2.75) is 25.8 Å². The van der Waals surface area contributed by atoms with Crippen molar-refractivity contribution in [3.63, 3.8) is 0 Å². The van der Waals surface area contributed by atoms with Crippen LogP contribution in [-0.2, 0) is 12.8 Å². The van der Waals surface area contributed by atoms with Gasteiger partial charge in [-0.3, -0.25) is 0 Å². The van der Waals surface area contributed by atoms with Crippen molar-refractivity contribution in [3.8, 4) is 0 Å². The van der Waals surface area contributed by atoms with Crippen LogP contribution in [0.25, 0.3) is 10.9 Å².